The van der Waals surface area contributed by atoms with Crippen molar-refractivity contribution in [2.75, 3.05) is 11.1 Å². The van der Waals surface area contributed by atoms with Crippen molar-refractivity contribution in [3.8, 4) is 0 Å². The van der Waals surface area contributed by atoms with Crippen molar-refractivity contribution >= 4 is 29.0 Å². The van der Waals surface area contributed by atoms with Crippen LogP contribution >= 0.6 is 11.8 Å². The maximum Gasteiger partial charge on any atom is 0.292 e. The summed E-state index contributed by atoms with van der Waals surface area (Å²) in [4.78, 5) is 22.4. The predicted molar refractivity (Wildman–Crippen MR) is 85.1 cm³/mol. The second-order valence-electron chi connectivity index (χ2n) is 5.15. The highest BCUT2D eigenvalue weighted by atomic mass is 32.2. The van der Waals surface area contributed by atoms with E-state index in [1.54, 1.807) is 16.8 Å². The van der Waals surface area contributed by atoms with Crippen molar-refractivity contribution in [1.82, 2.24) is 20.2 Å². The number of rotatable bonds is 7. The van der Waals surface area contributed by atoms with Crippen LogP contribution in [0.2, 0.25) is 0 Å². The van der Waals surface area contributed by atoms with Gasteiger partial charge in [0.2, 0.25) is 11.1 Å². The molecule has 23 heavy (non-hydrogen) atoms. The first-order valence-corrected chi connectivity index (χ1v) is 7.88. The second-order valence-corrected chi connectivity index (χ2v) is 6.09. The molecule has 9 nitrogen and oxygen atoms in total. The van der Waals surface area contributed by atoms with E-state index in [0.29, 0.717) is 17.6 Å². The molecule has 1 N–H and O–H groups in total. The number of carbonyl (C=O) groups is 1. The molecule has 1 amide bonds. The average molecular weight is 336 g/mol. The summed E-state index contributed by atoms with van der Waals surface area (Å²) >= 11 is 1.18. The number of hydrogen-bond donors (Lipinski definition) is 1. The topological polar surface area (TPSA) is 116 Å². The van der Waals surface area contributed by atoms with E-state index >= 15 is 0 Å². The van der Waals surface area contributed by atoms with Gasteiger partial charge in [-0.05, 0) is 22.4 Å². The monoisotopic (exact) mass is 336 g/mol. The molecule has 1 aromatic heterocycles. The molecule has 0 fully saturated rings. The third-order valence-electron chi connectivity index (χ3n) is 2.74. The standard InChI is InChI=1S/C13H16N6O3S/c1-9(2)7-18-13(15-16-17-18)23-8-12(20)14-10-5-3-4-6-11(10)19(21)22/h3-6,9H,7-8H2,1-2H3,(H,14,20). The van der Waals surface area contributed by atoms with Gasteiger partial charge in [0.1, 0.15) is 5.69 Å². The van der Waals surface area contributed by atoms with E-state index in [1.165, 1.54) is 23.9 Å². The number of anilines is 1. The van der Waals surface area contributed by atoms with Crippen molar-refractivity contribution < 1.29 is 9.72 Å². The zero-order valence-electron chi connectivity index (χ0n) is 12.7. The molecule has 0 aliphatic carbocycles. The third-order valence-corrected chi connectivity index (χ3v) is 3.70. The van der Waals surface area contributed by atoms with Crippen molar-refractivity contribution in [3.05, 3.63) is 34.4 Å². The van der Waals surface area contributed by atoms with Crippen molar-refractivity contribution in [3.63, 3.8) is 0 Å². The van der Waals surface area contributed by atoms with Crippen molar-refractivity contribution in [2.24, 2.45) is 5.92 Å². The summed E-state index contributed by atoms with van der Waals surface area (Å²) in [7, 11) is 0. The minimum absolute atomic E-state index is 0.0600. The van der Waals surface area contributed by atoms with E-state index in [4.69, 9.17) is 0 Å². The Kier molecular flexibility index (Phi) is 5.63. The third kappa shape index (κ3) is 4.74. The number of hydrogen-bond acceptors (Lipinski definition) is 7. The number of benzene rings is 1. The lowest BCUT2D eigenvalue weighted by Gasteiger charge is -2.07. The summed E-state index contributed by atoms with van der Waals surface area (Å²) in [5.74, 6) is 0.0758. The van der Waals surface area contributed by atoms with Gasteiger partial charge < -0.3 is 5.32 Å². The van der Waals surface area contributed by atoms with Gasteiger partial charge in [-0.15, -0.1) is 5.10 Å². The number of nitro groups is 1. The highest BCUT2D eigenvalue weighted by molar-refractivity contribution is 7.99. The normalized spacial score (nSPS) is 10.7. The van der Waals surface area contributed by atoms with Gasteiger partial charge in [0.15, 0.2) is 0 Å². The van der Waals surface area contributed by atoms with Crippen LogP contribution in [0, 0.1) is 16.0 Å². The Morgan fingerprint density at radius 1 is 1.43 bits per heavy atom. The molecular weight excluding hydrogens is 320 g/mol. The molecule has 0 radical (unpaired) electrons. The van der Waals surface area contributed by atoms with Crippen LogP contribution in [0.15, 0.2) is 29.4 Å². The number of amides is 1. The molecule has 1 heterocycles. The molecule has 10 heteroatoms. The summed E-state index contributed by atoms with van der Waals surface area (Å²) in [5.41, 5.74) is 0.0281. The molecule has 0 saturated heterocycles. The van der Waals surface area contributed by atoms with Crippen molar-refractivity contribution in [2.45, 2.75) is 25.5 Å². The number of tetrazole rings is 1. The van der Waals surface area contributed by atoms with Gasteiger partial charge in [-0.3, -0.25) is 14.9 Å². The molecule has 1 aromatic carbocycles. The van der Waals surface area contributed by atoms with E-state index in [1.807, 2.05) is 13.8 Å². The first-order valence-electron chi connectivity index (χ1n) is 6.89. The molecule has 0 atom stereocenters. The Labute approximate surface area is 136 Å². The molecule has 0 saturated carbocycles. The fourth-order valence-corrected chi connectivity index (χ4v) is 2.50. The molecule has 0 aliphatic rings. The van der Waals surface area contributed by atoms with Crippen LogP contribution in [0.25, 0.3) is 0 Å². The van der Waals surface area contributed by atoms with E-state index in [-0.39, 0.29) is 23.0 Å². The maximum atomic E-state index is 12.0. The van der Waals surface area contributed by atoms with Crippen LogP contribution in [0.1, 0.15) is 13.8 Å². The van der Waals surface area contributed by atoms with E-state index in [9.17, 15) is 14.9 Å². The van der Waals surface area contributed by atoms with Gasteiger partial charge in [-0.1, -0.05) is 37.7 Å². The summed E-state index contributed by atoms with van der Waals surface area (Å²) in [6, 6.07) is 6.00. The number of thioether (sulfide) groups is 1. The lowest BCUT2D eigenvalue weighted by Crippen LogP contribution is -2.16. The van der Waals surface area contributed by atoms with Crippen molar-refractivity contribution in [1.29, 1.82) is 0 Å². The number of nitro benzene ring substituents is 1. The molecule has 122 valence electrons. The van der Waals surface area contributed by atoms with E-state index < -0.39 is 4.92 Å². The predicted octanol–water partition coefficient (Wildman–Crippen LogP) is 1.97. The Morgan fingerprint density at radius 3 is 2.87 bits per heavy atom. The van der Waals surface area contributed by atoms with Gasteiger partial charge in [-0.2, -0.15) is 0 Å². The number of nitrogens with one attached hydrogen (secondary N) is 1. The first kappa shape index (κ1) is 16.9. The SMILES string of the molecule is CC(C)Cn1nnnc1SCC(=O)Nc1ccccc1[N+](=O)[O-]. The lowest BCUT2D eigenvalue weighted by atomic mass is 10.2. The Bertz CT molecular complexity index is 703. The molecule has 0 bridgehead atoms. The van der Waals surface area contributed by atoms with Crippen LogP contribution in [0.3, 0.4) is 0 Å². The fourth-order valence-electron chi connectivity index (χ4n) is 1.82. The Hall–Kier alpha value is -2.49. The molecule has 2 rings (SSSR count). The van der Waals surface area contributed by atoms with Crippen LogP contribution in [0.5, 0.6) is 0 Å². The zero-order valence-corrected chi connectivity index (χ0v) is 13.5. The summed E-state index contributed by atoms with van der Waals surface area (Å²) < 4.78 is 1.63. The van der Waals surface area contributed by atoms with Crippen LogP contribution in [-0.2, 0) is 11.3 Å². The van der Waals surface area contributed by atoms with Gasteiger partial charge in [0.05, 0.1) is 10.7 Å². The van der Waals surface area contributed by atoms with Crippen LogP contribution < -0.4 is 5.32 Å². The maximum absolute atomic E-state index is 12.0. The van der Waals surface area contributed by atoms with Gasteiger partial charge in [-0.25, -0.2) is 4.68 Å². The summed E-state index contributed by atoms with van der Waals surface area (Å²) in [5, 5.41) is 25.3. The average Bonchev–Trinajstić information content (AvgIpc) is 2.92. The van der Waals surface area contributed by atoms with Gasteiger partial charge in [0.25, 0.3) is 5.69 Å². The smallest absolute Gasteiger partial charge is 0.292 e. The quantitative estimate of drug-likeness (QED) is 0.467. The van der Waals surface area contributed by atoms with Gasteiger partial charge >= 0.3 is 0 Å². The summed E-state index contributed by atoms with van der Waals surface area (Å²) in [6.45, 7) is 4.73. The molecule has 0 aliphatic heterocycles. The summed E-state index contributed by atoms with van der Waals surface area (Å²) in [6.07, 6.45) is 0. The first-order chi connectivity index (χ1) is 11.0. The van der Waals surface area contributed by atoms with Crippen LogP contribution in [0.4, 0.5) is 11.4 Å². The second kappa shape index (κ2) is 7.68. The molecule has 2 aromatic rings. The minimum Gasteiger partial charge on any atom is -0.320 e. The Balaban J connectivity index is 1.96. The molecule has 0 unspecified atom stereocenters. The van der Waals surface area contributed by atoms with Crippen LogP contribution in [-0.4, -0.2) is 36.8 Å². The number of aromatic nitrogens is 4. The van der Waals surface area contributed by atoms with Gasteiger partial charge in [0, 0.05) is 12.6 Å². The Morgan fingerprint density at radius 2 is 2.17 bits per heavy atom. The largest absolute Gasteiger partial charge is 0.320 e. The highest BCUT2D eigenvalue weighted by Crippen LogP contribution is 2.23. The lowest BCUT2D eigenvalue weighted by molar-refractivity contribution is -0.383. The number of carbonyl (C=O) groups excluding carboxylic acids is 1. The number of nitrogens with zero attached hydrogens (tertiary/aromatic N) is 5. The zero-order chi connectivity index (χ0) is 16.8. The van der Waals surface area contributed by atoms with E-state index in [2.05, 4.69) is 20.8 Å². The highest BCUT2D eigenvalue weighted by Gasteiger charge is 2.16. The van der Waals surface area contributed by atoms with E-state index in [0.717, 1.165) is 0 Å². The molecular formula is C13H16N6O3S. The fraction of sp³-hybridized carbons (Fsp3) is 0.385. The minimum atomic E-state index is -0.536. The molecule has 0 spiro atoms. The number of para-hydroxylation sites is 2.